The number of para-hydroxylation sites is 5. The molecule has 15 aromatic carbocycles. The van der Waals surface area contributed by atoms with Crippen molar-refractivity contribution in [2.45, 2.75) is 209 Å². The van der Waals surface area contributed by atoms with E-state index in [9.17, 15) is 0 Å². The lowest BCUT2D eigenvalue weighted by Crippen LogP contribution is -2.15. The van der Waals surface area contributed by atoms with Crippen LogP contribution in [0.15, 0.2) is 411 Å². The van der Waals surface area contributed by atoms with Crippen LogP contribution in [-0.4, -0.2) is 4.57 Å². The molecular formula is C134H137NO4S3. The maximum Gasteiger partial charge on any atom is 0.143 e. The van der Waals surface area contributed by atoms with Gasteiger partial charge in [-0.3, -0.25) is 0 Å². The van der Waals surface area contributed by atoms with Crippen LogP contribution in [0, 0.1) is 0 Å². The lowest BCUT2D eigenvalue weighted by atomic mass is 9.83. The number of furan rings is 4. The third-order valence-corrected chi connectivity index (χ3v) is 29.3. The Kier molecular flexibility index (Phi) is 29.9. The molecular weight excluding hydrogens is 1780 g/mol. The maximum atomic E-state index is 6.40. The van der Waals surface area contributed by atoms with Gasteiger partial charge in [-0.1, -0.05) is 463 Å². The molecule has 0 atom stereocenters. The Hall–Kier alpha value is -13.6. The second-order valence-corrected chi connectivity index (χ2v) is 48.1. The van der Waals surface area contributed by atoms with E-state index >= 15 is 0 Å². The van der Waals surface area contributed by atoms with Gasteiger partial charge >= 0.3 is 0 Å². The topological polar surface area (TPSA) is 57.5 Å². The zero-order chi connectivity index (χ0) is 101. The number of hydrogen-bond acceptors (Lipinski definition) is 7. The van der Waals surface area contributed by atoms with Crippen molar-refractivity contribution < 1.29 is 17.7 Å². The van der Waals surface area contributed by atoms with E-state index in [1.165, 1.54) is 167 Å². The summed E-state index contributed by atoms with van der Waals surface area (Å²) in [4.78, 5) is 0. The predicted octanol–water partition coefficient (Wildman–Crippen LogP) is 41.4. The smallest absolute Gasteiger partial charge is 0.143 e. The monoisotopic (exact) mass is 1920 g/mol. The van der Waals surface area contributed by atoms with Crippen molar-refractivity contribution in [2.24, 2.45) is 0 Å². The van der Waals surface area contributed by atoms with Gasteiger partial charge in [-0.05, 0) is 188 Å². The number of fused-ring (bicyclic) bond motifs is 15. The first-order chi connectivity index (χ1) is 67.6. The molecule has 0 spiro atoms. The Morgan fingerprint density at radius 3 is 1.13 bits per heavy atom. The van der Waals surface area contributed by atoms with Crippen LogP contribution in [0.2, 0.25) is 0 Å². The summed E-state index contributed by atoms with van der Waals surface area (Å²) in [6.07, 6.45) is 5.21. The van der Waals surface area contributed by atoms with Crippen LogP contribution in [0.1, 0.15) is 211 Å². The van der Waals surface area contributed by atoms with Crippen molar-refractivity contribution in [3.8, 4) is 50.2 Å². The summed E-state index contributed by atoms with van der Waals surface area (Å²) in [6, 6.07) is 129. The van der Waals surface area contributed by atoms with Crippen LogP contribution in [0.3, 0.4) is 0 Å². The number of benzene rings is 15. The third kappa shape index (κ3) is 22.6. The molecule has 8 heterocycles. The van der Waals surface area contributed by atoms with Gasteiger partial charge in [-0.15, -0.1) is 22.7 Å². The van der Waals surface area contributed by atoms with Gasteiger partial charge in [0.1, 0.15) is 28.1 Å². The van der Waals surface area contributed by atoms with E-state index in [4.69, 9.17) is 17.7 Å². The van der Waals surface area contributed by atoms with E-state index in [0.29, 0.717) is 5.41 Å². The Morgan fingerprint density at radius 1 is 0.239 bits per heavy atom. The minimum atomic E-state index is 0.0558. The van der Waals surface area contributed by atoms with Gasteiger partial charge in [0.05, 0.1) is 29.8 Å². The standard InChI is InChI=1S/C22H21N.2C22H20O.2C22H20S.2C8H12O.C8H12S/c1-22(2,3)18-12-6-9-15-21(18)23-19-13-7-4-10-16(19)17-11-5-8-14-20(17)23;1-22(2,3)17-12-8-14-19-21(17)20-16(11-7-13-18(20)23-19)15-9-5-4-6-10-15;1-22(2,3)19-14-8-13-18-17-12-7-11-16(20(17)23-21(18)19)15-9-5-4-6-10-15;1-22(2,3)17-12-8-14-19-21(17)20-16(11-7-13-18(20)23-19)15-9-5-4-6-10-15;1-22(2,3)19-14-8-13-18-17-12-7-11-16(20(17)23-21(18)19)15-9-5-4-6-10-15;1-8(2,3)7-4-5-9-6-7;1-8(2,3)7-5-4-6-9-7;1-8(2,3)7-4-5-9-6-7/h4-15H,1-3H3;4*4-14H,1-3H3;3*4-6H,1-3H3. The molecule has 5 nitrogen and oxygen atoms in total. The molecule has 8 heteroatoms. The highest BCUT2D eigenvalue weighted by molar-refractivity contribution is 7.26. The second kappa shape index (κ2) is 41.9. The largest absolute Gasteiger partial charge is 0.472 e. The Morgan fingerprint density at radius 2 is 0.641 bits per heavy atom. The quantitative estimate of drug-likeness (QED) is 0.172. The molecule has 0 unspecified atom stereocenters. The van der Waals surface area contributed by atoms with E-state index in [1.54, 1.807) is 30.1 Å². The average molecular weight is 1920 g/mol. The number of aromatic nitrogens is 1. The molecule has 142 heavy (non-hydrogen) atoms. The van der Waals surface area contributed by atoms with Gasteiger partial charge < -0.3 is 22.2 Å². The van der Waals surface area contributed by atoms with E-state index in [-0.39, 0.29) is 37.9 Å². The van der Waals surface area contributed by atoms with Gasteiger partial charge in [0.2, 0.25) is 0 Å². The first-order valence-corrected chi connectivity index (χ1v) is 52.4. The zero-order valence-corrected chi connectivity index (χ0v) is 89.8. The van der Waals surface area contributed by atoms with Crippen molar-refractivity contribution in [1.82, 2.24) is 4.57 Å². The summed E-state index contributed by atoms with van der Waals surface area (Å²) < 4.78 is 30.7. The van der Waals surface area contributed by atoms with E-state index in [0.717, 1.165) is 33.7 Å². The Bertz CT molecular complexity index is 7670. The normalized spacial score (nSPS) is 12.1. The lowest BCUT2D eigenvalue weighted by Gasteiger charge is -2.24. The number of rotatable bonds is 5. The number of hydrogen-bond donors (Lipinski definition) is 0. The molecule has 0 fully saturated rings. The summed E-state index contributed by atoms with van der Waals surface area (Å²) in [7, 11) is 0. The summed E-state index contributed by atoms with van der Waals surface area (Å²) in [5, 5.41) is 17.4. The molecule has 0 radical (unpaired) electrons. The van der Waals surface area contributed by atoms with Gasteiger partial charge in [0.15, 0.2) is 0 Å². The molecule has 0 saturated heterocycles. The minimum absolute atomic E-state index is 0.0558. The van der Waals surface area contributed by atoms with Crippen LogP contribution < -0.4 is 0 Å². The van der Waals surface area contributed by atoms with Gasteiger partial charge in [-0.2, -0.15) is 11.3 Å². The van der Waals surface area contributed by atoms with Crippen molar-refractivity contribution >= 4 is 140 Å². The zero-order valence-electron chi connectivity index (χ0n) is 87.3. The van der Waals surface area contributed by atoms with Crippen molar-refractivity contribution in [3.63, 3.8) is 0 Å². The van der Waals surface area contributed by atoms with E-state index in [2.05, 4.69) is 521 Å². The fourth-order valence-corrected chi connectivity index (χ4v) is 22.4. The van der Waals surface area contributed by atoms with Crippen LogP contribution in [0.25, 0.3) is 156 Å². The molecule has 23 aromatic rings. The molecule has 720 valence electrons. The SMILES string of the molecule is CC(C)(C)c1cccc2c1oc1c(-c3ccccc3)cccc12.CC(C)(C)c1cccc2c1sc1c(-c3ccccc3)cccc12.CC(C)(C)c1cccc2oc3cccc(-c4ccccc4)c3c12.CC(C)(C)c1cccc2sc3cccc(-c4ccccc4)c3c12.CC(C)(C)c1ccccc1-n1c2ccccc2c2ccccc21.CC(C)(C)c1ccco1.CC(C)(C)c1ccoc1.CC(C)(C)c1ccsc1. The fourth-order valence-electron chi connectivity index (χ4n) is 18.8. The van der Waals surface area contributed by atoms with Crippen LogP contribution in [-0.2, 0) is 43.3 Å². The van der Waals surface area contributed by atoms with Crippen molar-refractivity contribution in [1.29, 1.82) is 0 Å². The highest BCUT2D eigenvalue weighted by atomic mass is 32.1. The van der Waals surface area contributed by atoms with E-state index in [1.807, 2.05) is 46.9 Å². The van der Waals surface area contributed by atoms with Crippen molar-refractivity contribution in [2.75, 3.05) is 0 Å². The second-order valence-electron chi connectivity index (χ2n) is 45.2. The molecule has 0 aliphatic rings. The minimum Gasteiger partial charge on any atom is -0.472 e. The van der Waals surface area contributed by atoms with Gasteiger partial charge in [0, 0.05) is 94.9 Å². The fraction of sp³-hybridized carbons (Fsp3) is 0.239. The molecule has 0 saturated carbocycles. The molecule has 0 aliphatic heterocycles. The summed E-state index contributed by atoms with van der Waals surface area (Å²) in [5.41, 5.74) is 28.6. The third-order valence-electron chi connectivity index (χ3n) is 26.2. The summed E-state index contributed by atoms with van der Waals surface area (Å²) >= 11 is 5.60. The summed E-state index contributed by atoms with van der Waals surface area (Å²) in [5.74, 6) is 1.04. The summed E-state index contributed by atoms with van der Waals surface area (Å²) in [6.45, 7) is 53.7. The molecule has 8 aromatic heterocycles. The number of thiophene rings is 3. The van der Waals surface area contributed by atoms with Crippen LogP contribution >= 0.6 is 34.0 Å². The van der Waals surface area contributed by atoms with E-state index < -0.39 is 0 Å². The first kappa shape index (κ1) is 101. The van der Waals surface area contributed by atoms with Gasteiger partial charge in [-0.25, -0.2) is 0 Å². The average Bonchev–Trinajstić information content (AvgIpc) is 1.54. The van der Waals surface area contributed by atoms with Gasteiger partial charge in [0.25, 0.3) is 0 Å². The Labute approximate surface area is 853 Å². The highest BCUT2D eigenvalue weighted by Gasteiger charge is 2.29. The molecule has 0 amide bonds. The maximum absolute atomic E-state index is 6.40. The number of nitrogens with zero attached hydrogens (tertiary/aromatic N) is 1. The highest BCUT2D eigenvalue weighted by Crippen LogP contribution is 2.49. The van der Waals surface area contributed by atoms with Crippen LogP contribution in [0.4, 0.5) is 0 Å². The van der Waals surface area contributed by atoms with Crippen LogP contribution in [0.5, 0.6) is 0 Å². The molecule has 0 N–H and O–H groups in total. The molecule has 0 bridgehead atoms. The predicted molar refractivity (Wildman–Crippen MR) is 620 cm³/mol. The lowest BCUT2D eigenvalue weighted by molar-refractivity contribution is 0.409. The first-order valence-electron chi connectivity index (χ1n) is 49.8. The van der Waals surface area contributed by atoms with Crippen molar-refractivity contribution in [3.05, 3.63) is 438 Å². The Balaban J connectivity index is 0.000000120. The molecule has 0 aliphatic carbocycles. The molecule has 23 rings (SSSR count).